The SMILES string of the molecule is CC(C)CNC(=O)[C@H](C)N(Cc1ccc(Br)cc1)C(=O)CCCN1C(=O)c2ccccc2C1=O. The molecule has 0 spiro atoms. The first-order valence-electron chi connectivity index (χ1n) is 11.5. The number of hydrogen-bond acceptors (Lipinski definition) is 4. The summed E-state index contributed by atoms with van der Waals surface area (Å²) in [7, 11) is 0. The van der Waals surface area contributed by atoms with Crippen LogP contribution in [-0.4, -0.2) is 52.6 Å². The van der Waals surface area contributed by atoms with Gasteiger partial charge in [0.05, 0.1) is 11.1 Å². The molecule has 34 heavy (non-hydrogen) atoms. The normalized spacial score (nSPS) is 13.7. The van der Waals surface area contributed by atoms with E-state index in [0.717, 1.165) is 10.0 Å². The molecule has 7 nitrogen and oxygen atoms in total. The van der Waals surface area contributed by atoms with Crippen molar-refractivity contribution in [1.82, 2.24) is 15.1 Å². The topological polar surface area (TPSA) is 86.8 Å². The molecule has 0 aliphatic carbocycles. The van der Waals surface area contributed by atoms with E-state index in [4.69, 9.17) is 0 Å². The molecule has 3 rings (SSSR count). The molecule has 8 heteroatoms. The number of nitrogens with zero attached hydrogens (tertiary/aromatic N) is 2. The molecule has 4 amide bonds. The zero-order valence-electron chi connectivity index (χ0n) is 19.7. The Balaban J connectivity index is 1.66. The third-order valence-electron chi connectivity index (χ3n) is 5.77. The molecule has 2 aromatic carbocycles. The van der Waals surface area contributed by atoms with Crippen molar-refractivity contribution in [3.8, 4) is 0 Å². The summed E-state index contributed by atoms with van der Waals surface area (Å²) in [6, 6.07) is 13.7. The van der Waals surface area contributed by atoms with Gasteiger partial charge in [0.1, 0.15) is 6.04 Å². The first-order valence-corrected chi connectivity index (χ1v) is 12.2. The van der Waals surface area contributed by atoms with Crippen molar-refractivity contribution in [3.63, 3.8) is 0 Å². The first kappa shape index (κ1) is 25.6. The Morgan fingerprint density at radius 2 is 1.56 bits per heavy atom. The molecule has 0 fully saturated rings. The third-order valence-corrected chi connectivity index (χ3v) is 6.30. The number of benzene rings is 2. The molecule has 180 valence electrons. The quantitative estimate of drug-likeness (QED) is 0.472. The van der Waals surface area contributed by atoms with Gasteiger partial charge in [0.2, 0.25) is 11.8 Å². The van der Waals surface area contributed by atoms with Crippen molar-refractivity contribution in [2.24, 2.45) is 5.92 Å². The van der Waals surface area contributed by atoms with Crippen LogP contribution >= 0.6 is 15.9 Å². The standard InChI is InChI=1S/C26H30BrN3O4/c1-17(2)15-28-24(32)18(3)30(16-19-10-12-20(27)13-11-19)23(31)9-6-14-29-25(33)21-7-4-5-8-22(21)26(29)34/h4-5,7-8,10-13,17-18H,6,9,14-16H2,1-3H3,(H,28,32)/t18-/m0/s1. The summed E-state index contributed by atoms with van der Waals surface area (Å²) < 4.78 is 0.929. The van der Waals surface area contributed by atoms with Crippen molar-refractivity contribution in [2.75, 3.05) is 13.1 Å². The first-order chi connectivity index (χ1) is 16.2. The Labute approximate surface area is 208 Å². The van der Waals surface area contributed by atoms with Crippen molar-refractivity contribution < 1.29 is 19.2 Å². The van der Waals surface area contributed by atoms with Crippen molar-refractivity contribution in [1.29, 1.82) is 0 Å². The van der Waals surface area contributed by atoms with Crippen LogP contribution in [0.15, 0.2) is 53.0 Å². The fourth-order valence-corrected chi connectivity index (χ4v) is 4.06. The van der Waals surface area contributed by atoms with E-state index in [1.807, 2.05) is 38.1 Å². The average Bonchev–Trinajstić information content (AvgIpc) is 3.06. The fourth-order valence-electron chi connectivity index (χ4n) is 3.80. The van der Waals surface area contributed by atoms with Gasteiger partial charge in [-0.3, -0.25) is 24.1 Å². The van der Waals surface area contributed by atoms with Crippen LogP contribution < -0.4 is 5.32 Å². The number of amides is 4. The Kier molecular flexibility index (Phi) is 8.61. The van der Waals surface area contributed by atoms with Crippen LogP contribution in [0, 0.1) is 5.92 Å². The summed E-state index contributed by atoms with van der Waals surface area (Å²) in [5.74, 6) is -0.778. The number of nitrogens with one attached hydrogen (secondary N) is 1. The minimum absolute atomic E-state index is 0.117. The van der Waals surface area contributed by atoms with E-state index in [1.165, 1.54) is 4.90 Å². The predicted octanol–water partition coefficient (Wildman–Crippen LogP) is 4.01. The van der Waals surface area contributed by atoms with Gasteiger partial charge < -0.3 is 10.2 Å². The number of fused-ring (bicyclic) bond motifs is 1. The van der Waals surface area contributed by atoms with Crippen LogP contribution in [0.3, 0.4) is 0 Å². The lowest BCUT2D eigenvalue weighted by Crippen LogP contribution is -2.48. The van der Waals surface area contributed by atoms with Gasteiger partial charge in [0.25, 0.3) is 11.8 Å². The second-order valence-corrected chi connectivity index (χ2v) is 9.79. The van der Waals surface area contributed by atoms with E-state index >= 15 is 0 Å². The van der Waals surface area contributed by atoms with Gasteiger partial charge in [0.15, 0.2) is 0 Å². The van der Waals surface area contributed by atoms with Crippen LogP contribution in [0.1, 0.15) is 59.9 Å². The molecule has 0 bridgehead atoms. The van der Waals surface area contributed by atoms with E-state index < -0.39 is 6.04 Å². The Morgan fingerprint density at radius 1 is 0.971 bits per heavy atom. The highest BCUT2D eigenvalue weighted by molar-refractivity contribution is 9.10. The van der Waals surface area contributed by atoms with Crippen LogP contribution in [0.5, 0.6) is 0 Å². The van der Waals surface area contributed by atoms with E-state index in [0.29, 0.717) is 30.0 Å². The molecule has 0 unspecified atom stereocenters. The second kappa shape index (κ2) is 11.4. The molecule has 0 radical (unpaired) electrons. The van der Waals surface area contributed by atoms with Gasteiger partial charge in [-0.05, 0) is 49.1 Å². The molecule has 1 aliphatic rings. The maximum atomic E-state index is 13.2. The van der Waals surface area contributed by atoms with Gasteiger partial charge >= 0.3 is 0 Å². The van der Waals surface area contributed by atoms with Crippen molar-refractivity contribution in [2.45, 2.75) is 46.2 Å². The molecule has 0 saturated carbocycles. The number of hydrogen-bond donors (Lipinski definition) is 1. The summed E-state index contributed by atoms with van der Waals surface area (Å²) in [6.07, 6.45) is 0.438. The second-order valence-electron chi connectivity index (χ2n) is 8.87. The molecule has 0 aromatic heterocycles. The zero-order valence-corrected chi connectivity index (χ0v) is 21.3. The van der Waals surface area contributed by atoms with Gasteiger partial charge in [0, 0.05) is 30.5 Å². The highest BCUT2D eigenvalue weighted by Crippen LogP contribution is 2.23. The van der Waals surface area contributed by atoms with Crippen LogP contribution in [0.4, 0.5) is 0 Å². The van der Waals surface area contributed by atoms with Gasteiger partial charge in [-0.25, -0.2) is 0 Å². The number of carbonyl (C=O) groups excluding carboxylic acids is 4. The minimum atomic E-state index is -0.658. The lowest BCUT2D eigenvalue weighted by molar-refractivity contribution is -0.140. The summed E-state index contributed by atoms with van der Waals surface area (Å²) in [4.78, 5) is 53.8. The summed E-state index contributed by atoms with van der Waals surface area (Å²) in [6.45, 7) is 6.71. The average molecular weight is 528 g/mol. The van der Waals surface area contributed by atoms with Gasteiger partial charge in [-0.15, -0.1) is 0 Å². The number of halogens is 1. The zero-order chi connectivity index (χ0) is 24.8. The molecule has 1 atom stereocenters. The summed E-state index contributed by atoms with van der Waals surface area (Å²) in [5, 5.41) is 2.90. The van der Waals surface area contributed by atoms with Crippen molar-refractivity contribution in [3.05, 3.63) is 69.7 Å². The predicted molar refractivity (Wildman–Crippen MR) is 133 cm³/mol. The number of rotatable bonds is 10. The minimum Gasteiger partial charge on any atom is -0.354 e. The maximum absolute atomic E-state index is 13.2. The highest BCUT2D eigenvalue weighted by Gasteiger charge is 2.35. The van der Waals surface area contributed by atoms with Crippen molar-refractivity contribution >= 4 is 39.6 Å². The lowest BCUT2D eigenvalue weighted by Gasteiger charge is -2.29. The van der Waals surface area contributed by atoms with Gasteiger partial charge in [-0.2, -0.15) is 0 Å². The van der Waals surface area contributed by atoms with Crippen LogP contribution in [0.2, 0.25) is 0 Å². The molecule has 1 aliphatic heterocycles. The molecular weight excluding hydrogens is 498 g/mol. The number of imide groups is 1. The largest absolute Gasteiger partial charge is 0.354 e. The Morgan fingerprint density at radius 3 is 2.12 bits per heavy atom. The Hall–Kier alpha value is -3.00. The van der Waals surface area contributed by atoms with Crippen LogP contribution in [0.25, 0.3) is 0 Å². The highest BCUT2D eigenvalue weighted by atomic mass is 79.9. The monoisotopic (exact) mass is 527 g/mol. The van der Waals surface area contributed by atoms with E-state index in [2.05, 4.69) is 21.2 Å². The molecule has 0 saturated heterocycles. The van der Waals surface area contributed by atoms with E-state index in [1.54, 1.807) is 36.1 Å². The van der Waals surface area contributed by atoms with E-state index in [9.17, 15) is 19.2 Å². The molecule has 1 N–H and O–H groups in total. The number of carbonyl (C=O) groups is 4. The molecular formula is C26H30BrN3O4. The van der Waals surface area contributed by atoms with E-state index in [-0.39, 0.29) is 43.1 Å². The summed E-state index contributed by atoms with van der Waals surface area (Å²) in [5.41, 5.74) is 1.69. The van der Waals surface area contributed by atoms with Gasteiger partial charge in [-0.1, -0.05) is 54.0 Å². The summed E-state index contributed by atoms with van der Waals surface area (Å²) >= 11 is 3.41. The maximum Gasteiger partial charge on any atom is 0.261 e. The third kappa shape index (κ3) is 6.11. The lowest BCUT2D eigenvalue weighted by atomic mass is 10.1. The molecule has 1 heterocycles. The fraction of sp³-hybridized carbons (Fsp3) is 0.385. The smallest absolute Gasteiger partial charge is 0.261 e. The Bertz CT molecular complexity index is 1030. The van der Waals surface area contributed by atoms with Crippen LogP contribution in [-0.2, 0) is 16.1 Å². The molecule has 2 aromatic rings.